The molecule has 0 fully saturated rings. The number of carboxylic acid groups (broad SMARTS) is 1. The lowest BCUT2D eigenvalue weighted by Gasteiger charge is -2.06. The van der Waals surface area contributed by atoms with Crippen molar-refractivity contribution >= 4 is 16.9 Å². The minimum atomic E-state index is -1.09. The van der Waals surface area contributed by atoms with Crippen molar-refractivity contribution in [2.24, 2.45) is 0 Å². The molecule has 0 saturated carbocycles. The van der Waals surface area contributed by atoms with Crippen molar-refractivity contribution in [3.8, 4) is 5.69 Å². The zero-order valence-corrected chi connectivity index (χ0v) is 10.1. The number of nitrogens with zero attached hydrogens (tertiary/aromatic N) is 4. The van der Waals surface area contributed by atoms with Crippen LogP contribution in [-0.4, -0.2) is 31.1 Å². The Labute approximate surface area is 108 Å². The summed E-state index contributed by atoms with van der Waals surface area (Å²) < 4.78 is 1.50. The van der Waals surface area contributed by atoms with Gasteiger partial charge in [0.2, 0.25) is 0 Å². The monoisotopic (exact) mass is 254 g/mol. The second-order valence-corrected chi connectivity index (χ2v) is 4.09. The van der Waals surface area contributed by atoms with Gasteiger partial charge in [0, 0.05) is 11.6 Å². The van der Waals surface area contributed by atoms with Gasteiger partial charge in [0.1, 0.15) is 0 Å². The number of aromatic carboxylic acids is 1. The number of benzene rings is 1. The van der Waals surface area contributed by atoms with Crippen LogP contribution in [0.1, 0.15) is 16.2 Å². The zero-order valence-electron chi connectivity index (χ0n) is 10.1. The van der Waals surface area contributed by atoms with E-state index in [1.165, 1.54) is 4.68 Å². The lowest BCUT2D eigenvalue weighted by Crippen LogP contribution is -2.03. The van der Waals surface area contributed by atoms with Gasteiger partial charge < -0.3 is 5.11 Å². The number of para-hydroxylation sites is 1. The maximum Gasteiger partial charge on any atom is 0.358 e. The first kappa shape index (κ1) is 11.3. The average Bonchev–Trinajstić information content (AvgIpc) is 2.80. The van der Waals surface area contributed by atoms with Crippen molar-refractivity contribution in [2.75, 3.05) is 0 Å². The van der Waals surface area contributed by atoms with Crippen LogP contribution in [0.25, 0.3) is 16.6 Å². The van der Waals surface area contributed by atoms with Crippen molar-refractivity contribution in [3.63, 3.8) is 0 Å². The molecular formula is C13H10N4O2. The van der Waals surface area contributed by atoms with Gasteiger partial charge in [-0.25, -0.2) is 9.48 Å². The fourth-order valence-corrected chi connectivity index (χ4v) is 2.01. The molecule has 2 aromatic heterocycles. The summed E-state index contributed by atoms with van der Waals surface area (Å²) in [5.41, 5.74) is 1.91. The molecule has 3 rings (SSSR count). The van der Waals surface area contributed by atoms with E-state index in [1.54, 1.807) is 13.1 Å². The van der Waals surface area contributed by atoms with Crippen LogP contribution < -0.4 is 0 Å². The Balaban J connectivity index is 2.28. The molecule has 0 spiro atoms. The summed E-state index contributed by atoms with van der Waals surface area (Å²) in [7, 11) is 0. The molecule has 0 atom stereocenters. The molecule has 0 unspecified atom stereocenters. The van der Waals surface area contributed by atoms with Crippen molar-refractivity contribution in [1.29, 1.82) is 0 Å². The second-order valence-electron chi connectivity index (χ2n) is 4.09. The van der Waals surface area contributed by atoms with Crippen LogP contribution in [0.2, 0.25) is 0 Å². The molecule has 0 amide bonds. The van der Waals surface area contributed by atoms with Gasteiger partial charge in [-0.1, -0.05) is 23.4 Å². The van der Waals surface area contributed by atoms with Crippen molar-refractivity contribution in [1.82, 2.24) is 20.0 Å². The van der Waals surface area contributed by atoms with Crippen LogP contribution in [0, 0.1) is 6.92 Å². The van der Waals surface area contributed by atoms with E-state index >= 15 is 0 Å². The maximum atomic E-state index is 11.0. The van der Waals surface area contributed by atoms with Crippen LogP contribution in [0.3, 0.4) is 0 Å². The molecule has 0 aliphatic carbocycles. The number of hydrogen-bond acceptors (Lipinski definition) is 4. The predicted octanol–water partition coefficient (Wildman–Crippen LogP) is 1.82. The minimum Gasteiger partial charge on any atom is -0.476 e. The highest BCUT2D eigenvalue weighted by Crippen LogP contribution is 2.21. The Morgan fingerprint density at radius 3 is 2.79 bits per heavy atom. The highest BCUT2D eigenvalue weighted by Gasteiger charge is 2.17. The third-order valence-electron chi connectivity index (χ3n) is 2.94. The van der Waals surface area contributed by atoms with E-state index in [-0.39, 0.29) is 5.69 Å². The first-order valence-corrected chi connectivity index (χ1v) is 5.68. The molecule has 6 nitrogen and oxygen atoms in total. The number of aromatic nitrogens is 4. The Hall–Kier alpha value is -2.76. The molecule has 0 radical (unpaired) electrons. The molecule has 1 N–H and O–H groups in total. The van der Waals surface area contributed by atoms with E-state index in [9.17, 15) is 4.79 Å². The van der Waals surface area contributed by atoms with Gasteiger partial charge in [0.05, 0.1) is 16.9 Å². The lowest BCUT2D eigenvalue weighted by molar-refractivity contribution is 0.0689. The quantitative estimate of drug-likeness (QED) is 0.754. The van der Waals surface area contributed by atoms with Crippen LogP contribution in [-0.2, 0) is 0 Å². The van der Waals surface area contributed by atoms with E-state index in [0.717, 1.165) is 16.6 Å². The van der Waals surface area contributed by atoms with Crippen molar-refractivity contribution in [2.45, 2.75) is 6.92 Å². The Morgan fingerprint density at radius 1 is 1.26 bits per heavy atom. The number of carbonyl (C=O) groups is 1. The van der Waals surface area contributed by atoms with Crippen molar-refractivity contribution < 1.29 is 9.90 Å². The largest absolute Gasteiger partial charge is 0.476 e. The van der Waals surface area contributed by atoms with Crippen LogP contribution in [0.5, 0.6) is 0 Å². The van der Waals surface area contributed by atoms with E-state index in [4.69, 9.17) is 5.11 Å². The van der Waals surface area contributed by atoms with Crippen LogP contribution >= 0.6 is 0 Å². The molecule has 2 heterocycles. The molecule has 19 heavy (non-hydrogen) atoms. The van der Waals surface area contributed by atoms with Crippen LogP contribution in [0.4, 0.5) is 0 Å². The third kappa shape index (κ3) is 1.74. The van der Waals surface area contributed by atoms with E-state index < -0.39 is 5.97 Å². The molecule has 6 heteroatoms. The van der Waals surface area contributed by atoms with Crippen LogP contribution in [0.15, 0.2) is 36.5 Å². The number of rotatable bonds is 2. The SMILES string of the molecule is Cc1c(C(=O)O)nnn1-c1cccc2cccnc12. The summed E-state index contributed by atoms with van der Waals surface area (Å²) >= 11 is 0. The Morgan fingerprint density at radius 2 is 2.05 bits per heavy atom. The summed E-state index contributed by atoms with van der Waals surface area (Å²) in [4.78, 5) is 15.3. The number of fused-ring (bicyclic) bond motifs is 1. The smallest absolute Gasteiger partial charge is 0.358 e. The summed E-state index contributed by atoms with van der Waals surface area (Å²) in [5, 5.41) is 17.6. The molecule has 0 aliphatic heterocycles. The third-order valence-corrected chi connectivity index (χ3v) is 2.94. The normalized spacial score (nSPS) is 10.8. The second kappa shape index (κ2) is 4.16. The van der Waals surface area contributed by atoms with Gasteiger partial charge >= 0.3 is 5.97 Å². The van der Waals surface area contributed by atoms with Gasteiger partial charge in [-0.3, -0.25) is 4.98 Å². The summed E-state index contributed by atoms with van der Waals surface area (Å²) in [6.07, 6.45) is 1.69. The number of hydrogen-bond donors (Lipinski definition) is 1. The van der Waals surface area contributed by atoms with Gasteiger partial charge in [-0.05, 0) is 19.1 Å². The highest BCUT2D eigenvalue weighted by atomic mass is 16.4. The predicted molar refractivity (Wildman–Crippen MR) is 68.4 cm³/mol. The maximum absolute atomic E-state index is 11.0. The van der Waals surface area contributed by atoms with Gasteiger partial charge in [-0.2, -0.15) is 0 Å². The highest BCUT2D eigenvalue weighted by molar-refractivity contribution is 5.88. The fraction of sp³-hybridized carbons (Fsp3) is 0.0769. The molecule has 0 saturated heterocycles. The molecule has 94 valence electrons. The molecule has 1 aromatic carbocycles. The summed E-state index contributed by atoms with van der Waals surface area (Å²) in [6, 6.07) is 9.44. The number of pyridine rings is 1. The Bertz CT molecular complexity index is 774. The zero-order chi connectivity index (χ0) is 13.4. The van der Waals surface area contributed by atoms with E-state index in [1.807, 2.05) is 30.3 Å². The average molecular weight is 254 g/mol. The first-order chi connectivity index (χ1) is 9.18. The first-order valence-electron chi connectivity index (χ1n) is 5.68. The topological polar surface area (TPSA) is 80.9 Å². The molecule has 0 aliphatic rings. The molecule has 3 aromatic rings. The number of carboxylic acids is 1. The standard InChI is InChI=1S/C13H10N4O2/c1-8-11(13(18)19)15-16-17(8)10-6-2-4-9-5-3-7-14-12(9)10/h2-7H,1H3,(H,18,19). The Kier molecular flexibility index (Phi) is 2.49. The van der Waals surface area contributed by atoms with Crippen molar-refractivity contribution in [3.05, 3.63) is 47.9 Å². The van der Waals surface area contributed by atoms with Gasteiger partial charge in [-0.15, -0.1) is 5.10 Å². The molecule has 0 bridgehead atoms. The van der Waals surface area contributed by atoms with Gasteiger partial charge in [0.15, 0.2) is 5.69 Å². The van der Waals surface area contributed by atoms with E-state index in [0.29, 0.717) is 5.69 Å². The minimum absolute atomic E-state index is 0.0482. The lowest BCUT2D eigenvalue weighted by atomic mass is 10.2. The van der Waals surface area contributed by atoms with E-state index in [2.05, 4.69) is 15.3 Å². The fourth-order valence-electron chi connectivity index (χ4n) is 2.01. The van der Waals surface area contributed by atoms with Gasteiger partial charge in [0.25, 0.3) is 0 Å². The molecular weight excluding hydrogens is 244 g/mol. The summed E-state index contributed by atoms with van der Waals surface area (Å²) in [5.74, 6) is -1.09. The summed E-state index contributed by atoms with van der Waals surface area (Å²) in [6.45, 7) is 1.67.